The maximum Gasteiger partial charge on any atom is 0.191 e. The molecule has 1 aromatic carbocycles. The van der Waals surface area contributed by atoms with Crippen molar-refractivity contribution in [2.75, 3.05) is 13.1 Å². The van der Waals surface area contributed by atoms with Gasteiger partial charge in [-0.2, -0.15) is 0 Å². The summed E-state index contributed by atoms with van der Waals surface area (Å²) in [5.74, 6) is 1.39. The van der Waals surface area contributed by atoms with Crippen LogP contribution in [0.1, 0.15) is 25.2 Å². The van der Waals surface area contributed by atoms with Crippen LogP contribution in [0.2, 0.25) is 0 Å². The van der Waals surface area contributed by atoms with Gasteiger partial charge in [-0.05, 0) is 13.0 Å². The molecule has 1 aromatic heterocycles. The minimum Gasteiger partial charge on any atom is -0.357 e. The van der Waals surface area contributed by atoms with E-state index in [2.05, 4.69) is 25.8 Å². The van der Waals surface area contributed by atoms with Crippen molar-refractivity contribution in [3.63, 3.8) is 0 Å². The molecule has 24 heavy (non-hydrogen) atoms. The lowest BCUT2D eigenvalue weighted by Crippen LogP contribution is -2.39. The van der Waals surface area contributed by atoms with Gasteiger partial charge in [0, 0.05) is 31.6 Å². The van der Waals surface area contributed by atoms with Crippen LogP contribution in [0.3, 0.4) is 0 Å². The molecule has 0 unspecified atom stereocenters. The Hall–Kier alpha value is -1.71. The monoisotopic (exact) mass is 446 g/mol. The van der Waals surface area contributed by atoms with E-state index >= 15 is 0 Å². The van der Waals surface area contributed by atoms with Crippen molar-refractivity contribution in [3.8, 4) is 0 Å². The predicted octanol–water partition coefficient (Wildman–Crippen LogP) is 2.35. The highest BCUT2D eigenvalue weighted by Crippen LogP contribution is 2.07. The third kappa shape index (κ3) is 6.06. The molecule has 0 saturated heterocycles. The minimum atomic E-state index is -0.232. The number of aliphatic imine (C=N–C) groups is 1. The zero-order valence-corrected chi connectivity index (χ0v) is 16.3. The lowest BCUT2D eigenvalue weighted by atomic mass is 10.2. The molecule has 0 amide bonds. The summed E-state index contributed by atoms with van der Waals surface area (Å²) in [6.07, 6.45) is 2.57. The van der Waals surface area contributed by atoms with E-state index in [0.29, 0.717) is 24.6 Å². The molecule has 0 aliphatic heterocycles. The van der Waals surface area contributed by atoms with Crippen LogP contribution in [-0.4, -0.2) is 33.8 Å². The first kappa shape index (κ1) is 20.3. The first-order chi connectivity index (χ1) is 11.2. The Labute approximate surface area is 159 Å². The van der Waals surface area contributed by atoms with Crippen LogP contribution in [0.25, 0.3) is 0 Å². The highest BCUT2D eigenvalue weighted by molar-refractivity contribution is 14.0. The Bertz CT molecular complexity index is 643. The van der Waals surface area contributed by atoms with Crippen molar-refractivity contribution in [1.82, 2.24) is 25.4 Å². The lowest BCUT2D eigenvalue weighted by molar-refractivity contribution is 0.609. The second kappa shape index (κ2) is 11.0. The molecule has 2 N–H and O–H groups in total. The average molecular weight is 446 g/mol. The average Bonchev–Trinajstić information content (AvgIpc) is 3.01. The molecule has 0 bridgehead atoms. The molecule has 0 aliphatic carbocycles. The standard InChI is InChI=1S/C16H23FN6.HI/c1-3-15-22-21-12-23(15)10-9-19-16(18-4-2)20-11-13-7-5-6-8-14(13)17;/h5-8,12H,3-4,9-11H2,1-2H3,(H2,18,19,20);1H. The maximum atomic E-state index is 13.6. The third-order valence-corrected chi connectivity index (χ3v) is 3.37. The van der Waals surface area contributed by atoms with Gasteiger partial charge < -0.3 is 15.2 Å². The van der Waals surface area contributed by atoms with Crippen LogP contribution in [0.15, 0.2) is 35.6 Å². The molecule has 0 atom stereocenters. The van der Waals surface area contributed by atoms with E-state index in [9.17, 15) is 4.39 Å². The highest BCUT2D eigenvalue weighted by Gasteiger charge is 2.03. The van der Waals surface area contributed by atoms with Crippen molar-refractivity contribution < 1.29 is 4.39 Å². The molecule has 0 radical (unpaired) electrons. The van der Waals surface area contributed by atoms with Crippen molar-refractivity contribution in [3.05, 3.63) is 47.8 Å². The second-order valence-corrected chi connectivity index (χ2v) is 5.01. The molecule has 0 saturated carbocycles. The van der Waals surface area contributed by atoms with Gasteiger partial charge in [0.1, 0.15) is 18.0 Å². The number of aryl methyl sites for hydroxylation is 1. The predicted molar refractivity (Wildman–Crippen MR) is 104 cm³/mol. The molecule has 0 spiro atoms. The van der Waals surface area contributed by atoms with Gasteiger partial charge in [0.2, 0.25) is 0 Å². The number of guanidine groups is 1. The molecule has 6 nitrogen and oxygen atoms in total. The topological polar surface area (TPSA) is 67.1 Å². The Balaban J connectivity index is 0.00000288. The molecule has 1 heterocycles. The SMILES string of the molecule is CCNC(=NCc1ccccc1F)NCCn1cnnc1CC.I. The van der Waals surface area contributed by atoms with Gasteiger partial charge in [-0.3, -0.25) is 0 Å². The number of halogens is 2. The summed E-state index contributed by atoms with van der Waals surface area (Å²) in [4.78, 5) is 4.42. The molecule has 2 aromatic rings. The Kier molecular flexibility index (Phi) is 9.28. The summed E-state index contributed by atoms with van der Waals surface area (Å²) in [6, 6.07) is 6.68. The zero-order chi connectivity index (χ0) is 16.5. The molecular formula is C16H24FIN6. The smallest absolute Gasteiger partial charge is 0.191 e. The van der Waals surface area contributed by atoms with Gasteiger partial charge in [-0.25, -0.2) is 9.38 Å². The number of rotatable bonds is 7. The summed E-state index contributed by atoms with van der Waals surface area (Å²) in [6.45, 7) is 6.53. The van der Waals surface area contributed by atoms with E-state index in [1.54, 1.807) is 18.5 Å². The van der Waals surface area contributed by atoms with Gasteiger partial charge in [0.15, 0.2) is 5.96 Å². The van der Waals surface area contributed by atoms with Crippen LogP contribution < -0.4 is 10.6 Å². The Morgan fingerprint density at radius 2 is 2.04 bits per heavy atom. The Morgan fingerprint density at radius 1 is 1.25 bits per heavy atom. The first-order valence-electron chi connectivity index (χ1n) is 7.86. The molecule has 0 fully saturated rings. The molecule has 0 aliphatic rings. The maximum absolute atomic E-state index is 13.6. The number of hydrogen-bond donors (Lipinski definition) is 2. The van der Waals surface area contributed by atoms with Crippen molar-refractivity contribution >= 4 is 29.9 Å². The van der Waals surface area contributed by atoms with Crippen LogP contribution >= 0.6 is 24.0 Å². The van der Waals surface area contributed by atoms with Crippen molar-refractivity contribution in [2.24, 2.45) is 4.99 Å². The van der Waals surface area contributed by atoms with Gasteiger partial charge in [0.05, 0.1) is 6.54 Å². The summed E-state index contributed by atoms with van der Waals surface area (Å²) in [5.41, 5.74) is 0.580. The summed E-state index contributed by atoms with van der Waals surface area (Å²) in [5, 5.41) is 14.4. The summed E-state index contributed by atoms with van der Waals surface area (Å²) >= 11 is 0. The minimum absolute atomic E-state index is 0. The van der Waals surface area contributed by atoms with E-state index in [-0.39, 0.29) is 29.8 Å². The zero-order valence-electron chi connectivity index (χ0n) is 14.0. The Morgan fingerprint density at radius 3 is 2.75 bits per heavy atom. The first-order valence-corrected chi connectivity index (χ1v) is 7.86. The number of nitrogens with zero attached hydrogens (tertiary/aromatic N) is 4. The van der Waals surface area contributed by atoms with Gasteiger partial charge in [-0.15, -0.1) is 34.2 Å². The summed E-state index contributed by atoms with van der Waals surface area (Å²) in [7, 11) is 0. The fraction of sp³-hybridized carbons (Fsp3) is 0.438. The van der Waals surface area contributed by atoms with Crippen molar-refractivity contribution in [1.29, 1.82) is 0 Å². The van der Waals surface area contributed by atoms with E-state index in [1.807, 2.05) is 24.5 Å². The largest absolute Gasteiger partial charge is 0.357 e. The van der Waals surface area contributed by atoms with Crippen molar-refractivity contribution in [2.45, 2.75) is 33.4 Å². The van der Waals surface area contributed by atoms with Gasteiger partial charge in [0.25, 0.3) is 0 Å². The third-order valence-electron chi connectivity index (χ3n) is 3.37. The number of hydrogen-bond acceptors (Lipinski definition) is 3. The van der Waals surface area contributed by atoms with Gasteiger partial charge in [-0.1, -0.05) is 25.1 Å². The van der Waals surface area contributed by atoms with E-state index in [0.717, 1.165) is 25.3 Å². The lowest BCUT2D eigenvalue weighted by Gasteiger charge is -2.12. The number of benzene rings is 1. The molecular weight excluding hydrogens is 422 g/mol. The number of nitrogens with one attached hydrogen (secondary N) is 2. The fourth-order valence-corrected chi connectivity index (χ4v) is 2.17. The van der Waals surface area contributed by atoms with E-state index in [1.165, 1.54) is 6.07 Å². The van der Waals surface area contributed by atoms with Crippen LogP contribution in [0.4, 0.5) is 4.39 Å². The molecule has 8 heteroatoms. The normalized spacial score (nSPS) is 11.0. The van der Waals surface area contributed by atoms with Crippen LogP contribution in [0.5, 0.6) is 0 Å². The second-order valence-electron chi connectivity index (χ2n) is 5.01. The fourth-order valence-electron chi connectivity index (χ4n) is 2.17. The molecule has 132 valence electrons. The number of aromatic nitrogens is 3. The van der Waals surface area contributed by atoms with E-state index < -0.39 is 0 Å². The van der Waals surface area contributed by atoms with E-state index in [4.69, 9.17) is 0 Å². The van der Waals surface area contributed by atoms with Gasteiger partial charge >= 0.3 is 0 Å². The summed E-state index contributed by atoms with van der Waals surface area (Å²) < 4.78 is 15.6. The quantitative estimate of drug-likeness (QED) is 0.390. The highest BCUT2D eigenvalue weighted by atomic mass is 127. The van der Waals surface area contributed by atoms with Crippen LogP contribution in [-0.2, 0) is 19.5 Å². The molecule has 2 rings (SSSR count). The van der Waals surface area contributed by atoms with Crippen LogP contribution in [0, 0.1) is 5.82 Å².